The molecule has 2 fully saturated rings. The summed E-state index contributed by atoms with van der Waals surface area (Å²) in [5, 5.41) is 5.80. The lowest BCUT2D eigenvalue weighted by atomic mass is 10.2. The maximum Gasteiger partial charge on any atom is 0.334 e. The standard InChI is InChI=1S/C18H28N4O6/c1-12(2)21-11-3-4-13(21)18(27)20-9-7-14(23)19-10-8-17(26)28-22-15(24)5-6-16(22)25/h12-13H,3-11H2,1-2H3,(H,19,23)(H,20,27)/i7+1,8+1,9+1,10+1,12+1,14+1,17+1,19+1,21+1. The smallest absolute Gasteiger partial charge is 0.334 e. The molecule has 2 N–H and O–H groups in total. The Hall–Kier alpha value is -2.49. The second kappa shape index (κ2) is 10.2. The molecular formula is C18H28N4O6. The van der Waals surface area contributed by atoms with Crippen LogP contribution in [0.5, 0.6) is 0 Å². The minimum absolute atomic E-state index is 0.0194. The zero-order chi connectivity index (χ0) is 20.7. The van der Waals surface area contributed by atoms with E-state index < -0.39 is 17.8 Å². The monoisotopic (exact) mass is 405 g/mol. The van der Waals surface area contributed by atoms with Crippen molar-refractivity contribution in [1.29, 1.82) is 0 Å². The lowest BCUT2D eigenvalue weighted by Gasteiger charge is -2.27. The summed E-state index contributed by atoms with van der Waals surface area (Å²) in [7, 11) is 0. The number of nitrogens with zero attached hydrogens (tertiary/aromatic N) is 2. The molecule has 1 atom stereocenters. The fourth-order valence-electron chi connectivity index (χ4n) is 3.30. The lowest BCUT2D eigenvalue weighted by molar-refractivity contribution is -0.197. The van der Waals surface area contributed by atoms with Gasteiger partial charge in [0.05, 0.1) is 12.5 Å². The average Bonchev–Trinajstić information content (AvgIpc) is 3.24. The largest absolute Gasteiger partial charge is 0.355 e. The maximum atomic E-state index is 12.3. The van der Waals surface area contributed by atoms with Crippen molar-refractivity contribution in [2.45, 2.75) is 64.5 Å². The van der Waals surface area contributed by atoms with Gasteiger partial charge < -0.3 is 15.5 Å². The Balaban J connectivity index is 1.58. The number of imide groups is 1. The van der Waals surface area contributed by atoms with E-state index in [1.54, 1.807) is 0 Å². The summed E-state index contributed by atoms with van der Waals surface area (Å²) in [6.45, 7) is 5.25. The average molecular weight is 405 g/mol. The number of hydroxylamine groups is 2. The predicted molar refractivity (Wildman–Crippen MR) is 97.3 cm³/mol. The molecule has 0 saturated carbocycles. The van der Waals surface area contributed by atoms with E-state index in [0.717, 1.165) is 19.4 Å². The van der Waals surface area contributed by atoms with Gasteiger partial charge in [0, 0.05) is 38.4 Å². The molecular weight excluding hydrogens is 377 g/mol. The van der Waals surface area contributed by atoms with Gasteiger partial charge in [0.25, 0.3) is 11.8 Å². The number of hydrogen-bond donors (Lipinski definition) is 2. The van der Waals surface area contributed by atoms with Gasteiger partial charge in [0.15, 0.2) is 0 Å². The van der Waals surface area contributed by atoms with Gasteiger partial charge in [-0.3, -0.25) is 24.1 Å². The minimum atomic E-state index is -0.771. The molecule has 0 bridgehead atoms. The van der Waals surface area contributed by atoms with E-state index in [-0.39, 0.29) is 56.6 Å². The third kappa shape index (κ3) is 6.01. The number of rotatable bonds is 9. The highest BCUT2D eigenvalue weighted by Gasteiger charge is 2.33. The van der Waals surface area contributed by atoms with Crippen molar-refractivity contribution >= 4 is 29.6 Å². The molecule has 0 aliphatic carbocycles. The predicted octanol–water partition coefficient (Wildman–Crippen LogP) is -0.521. The minimum Gasteiger partial charge on any atom is -0.355 e. The Labute approximate surface area is 163 Å². The van der Waals surface area contributed by atoms with Crippen LogP contribution < -0.4 is 10.6 Å². The van der Waals surface area contributed by atoms with Crippen molar-refractivity contribution in [1.82, 2.24) is 20.6 Å². The fraction of sp³-hybridized carbons (Fsp3) is 0.722. The van der Waals surface area contributed by atoms with Gasteiger partial charge in [-0.15, -0.1) is 5.06 Å². The summed E-state index contributed by atoms with van der Waals surface area (Å²) < 4.78 is 0. The van der Waals surface area contributed by atoms with Crippen molar-refractivity contribution in [2.75, 3.05) is 19.6 Å². The number of carbonyl (C=O) groups excluding carboxylic acids is 5. The molecule has 10 heteroatoms. The van der Waals surface area contributed by atoms with Crippen LogP contribution in [-0.2, 0) is 28.8 Å². The highest BCUT2D eigenvalue weighted by atomic mass is 16.8. The summed E-state index contributed by atoms with van der Waals surface area (Å²) in [6.07, 6.45) is 1.80. The number of nitrogens with one attached hydrogen (secondary N) is 2. The number of amides is 4. The Bertz CT molecular complexity index is 620. The summed E-state index contributed by atoms with van der Waals surface area (Å²) >= 11 is 0. The van der Waals surface area contributed by atoms with Crippen molar-refractivity contribution in [3.63, 3.8) is 0 Å². The second-order valence-electron chi connectivity index (χ2n) is 7.18. The van der Waals surface area contributed by atoms with Crippen LogP contribution in [0.2, 0.25) is 0 Å². The van der Waals surface area contributed by atoms with Gasteiger partial charge in [-0.2, -0.15) is 0 Å². The Morgan fingerprint density at radius 2 is 1.71 bits per heavy atom. The van der Waals surface area contributed by atoms with E-state index in [9.17, 15) is 24.0 Å². The molecule has 2 heterocycles. The van der Waals surface area contributed by atoms with Crippen molar-refractivity contribution in [3.8, 4) is 0 Å². The lowest BCUT2D eigenvalue weighted by Crippen LogP contribution is -2.46. The van der Waals surface area contributed by atoms with Crippen molar-refractivity contribution in [2.24, 2.45) is 0 Å². The van der Waals surface area contributed by atoms with E-state index in [4.69, 9.17) is 4.84 Å². The highest BCUT2D eigenvalue weighted by molar-refractivity contribution is 6.01. The Morgan fingerprint density at radius 1 is 1.07 bits per heavy atom. The van der Waals surface area contributed by atoms with Crippen LogP contribution in [0.15, 0.2) is 0 Å². The van der Waals surface area contributed by atoms with E-state index in [1.165, 1.54) is 0 Å². The first-order valence-electron chi connectivity index (χ1n) is 9.66. The van der Waals surface area contributed by atoms with Crippen LogP contribution in [0.25, 0.3) is 0 Å². The van der Waals surface area contributed by atoms with Gasteiger partial charge >= 0.3 is 5.97 Å². The summed E-state index contributed by atoms with van der Waals surface area (Å²) in [5.74, 6) is -2.24. The Kier molecular flexibility index (Phi) is 7.91. The highest BCUT2D eigenvalue weighted by Crippen LogP contribution is 2.19. The molecule has 1 unspecified atom stereocenters. The van der Waals surface area contributed by atoms with Gasteiger partial charge in [0.2, 0.25) is 11.8 Å². The molecule has 0 spiro atoms. The van der Waals surface area contributed by atoms with Crippen molar-refractivity contribution in [3.05, 3.63) is 0 Å². The van der Waals surface area contributed by atoms with Crippen LogP contribution in [0.1, 0.15) is 52.4 Å². The number of carbonyl (C=O) groups is 5. The van der Waals surface area contributed by atoms with Crippen molar-refractivity contribution < 1.29 is 28.8 Å². The summed E-state index contributed by atoms with van der Waals surface area (Å²) in [5.41, 5.74) is 0. The molecule has 10 nitrogen and oxygen atoms in total. The van der Waals surface area contributed by atoms with Gasteiger partial charge in [0.1, 0.15) is 0 Å². The van der Waals surface area contributed by atoms with E-state index in [0.29, 0.717) is 11.1 Å². The first kappa shape index (κ1) is 21.8. The molecule has 0 aromatic heterocycles. The van der Waals surface area contributed by atoms with Crippen LogP contribution in [-0.4, -0.2) is 71.3 Å². The SMILES string of the molecule is C[13CH](C)[15N]1CCCC1C(=O)N[13CH2][13CH2][13C](=O)[15NH][13CH2][13CH2][13C](=O)ON1C(=O)CCC1=O. The topological polar surface area (TPSA) is 125 Å². The van der Waals surface area contributed by atoms with E-state index in [1.807, 2.05) is 0 Å². The molecule has 2 rings (SSSR count). The van der Waals surface area contributed by atoms with Gasteiger partial charge in [-0.05, 0) is 33.2 Å². The van der Waals surface area contributed by atoms with Crippen LogP contribution in [0.4, 0.5) is 0 Å². The number of hydrogen-bond acceptors (Lipinski definition) is 7. The second-order valence-corrected chi connectivity index (χ2v) is 7.18. The van der Waals surface area contributed by atoms with Gasteiger partial charge in [-0.25, -0.2) is 4.79 Å². The molecule has 4 amide bonds. The third-order valence-corrected chi connectivity index (χ3v) is 4.76. The molecule has 28 heavy (non-hydrogen) atoms. The zero-order valence-electron chi connectivity index (χ0n) is 16.4. The molecule has 0 aromatic carbocycles. The van der Waals surface area contributed by atoms with Crippen LogP contribution >= 0.6 is 0 Å². The van der Waals surface area contributed by atoms with Gasteiger partial charge in [-0.1, -0.05) is 0 Å². The summed E-state index contributed by atoms with van der Waals surface area (Å²) in [6, 6.07) is 0.154. The molecule has 0 aromatic rings. The molecule has 2 aliphatic heterocycles. The maximum absolute atomic E-state index is 12.3. The van der Waals surface area contributed by atoms with Crippen LogP contribution in [0, 0.1) is 0 Å². The molecule has 2 saturated heterocycles. The van der Waals surface area contributed by atoms with E-state index in [2.05, 4.69) is 29.4 Å². The number of likely N-dealkylation sites (tertiary alicyclic amines) is 1. The summed E-state index contributed by atoms with van der Waals surface area (Å²) in [4.78, 5) is 65.2. The van der Waals surface area contributed by atoms with Crippen LogP contribution in [0.3, 0.4) is 0 Å². The normalized spacial score (nSPS) is 20.0. The third-order valence-electron chi connectivity index (χ3n) is 4.76. The Morgan fingerprint density at radius 3 is 2.36 bits per heavy atom. The zero-order valence-corrected chi connectivity index (χ0v) is 16.4. The first-order chi connectivity index (χ1) is 13.3. The quantitative estimate of drug-likeness (QED) is 0.300. The molecule has 2 aliphatic rings. The fourth-order valence-corrected chi connectivity index (χ4v) is 3.30. The molecule has 156 valence electrons. The first-order valence-corrected chi connectivity index (χ1v) is 9.66. The molecule has 0 radical (unpaired) electrons. The van der Waals surface area contributed by atoms with E-state index >= 15 is 0 Å².